The van der Waals surface area contributed by atoms with Gasteiger partial charge in [-0.2, -0.15) is 0 Å². The second-order valence-electron chi connectivity index (χ2n) is 31.9. The lowest BCUT2D eigenvalue weighted by atomic mass is 9.61. The molecule has 10 atom stereocenters. The van der Waals surface area contributed by atoms with Crippen LogP contribution in [-0.4, -0.2) is 248 Å². The van der Waals surface area contributed by atoms with Gasteiger partial charge in [0.15, 0.2) is 0 Å². The van der Waals surface area contributed by atoms with Gasteiger partial charge in [0.05, 0.1) is 38.2 Å². The Hall–Kier alpha value is -7.64. The molecule has 8 aliphatic rings. The standard InChI is InChI=1S/C78H126N12O14/c1-20-60(85(14)67(94)43-84(13)65(92)36-48(10)91)71(96)83-59(77(102)90-30-22-21-23-31-90)42-66(93)86(15)62(34-46(6)7)72(97)82-58(40-52-37-49-26-24-29-55(52)68(69(49)104-19)74(99)80-12)76(101)89(18)64(35-47(8)9)78(103)88(17)63(41-56-53-27-25-28-54(56)51-38-50(53)39-51)73(98)81-57(32-44(2)3)75(100)87(16)61(33-45(4)5)70(95)79-11/h44-48,52,56-64,91H,20-43H2,1-19H3,(H,79,95)(H,80,99)(H,81,98)(H,82,97)(H,83,96)/t48?,52?,57-,58-,59?,60-,61-,62-,63-,64-/m0/s1. The van der Waals surface area contributed by atoms with E-state index < -0.39 is 132 Å². The monoisotopic (exact) mass is 1450 g/mol. The van der Waals surface area contributed by atoms with Crippen molar-refractivity contribution in [1.82, 2.24) is 60.9 Å². The lowest BCUT2D eigenvalue weighted by Crippen LogP contribution is -2.61. The van der Waals surface area contributed by atoms with Crippen molar-refractivity contribution in [1.29, 1.82) is 0 Å². The van der Waals surface area contributed by atoms with Gasteiger partial charge in [-0.05, 0) is 164 Å². The smallest absolute Gasteiger partial charge is 0.254 e. The van der Waals surface area contributed by atoms with E-state index in [0.717, 1.165) is 54.6 Å². The van der Waals surface area contributed by atoms with Crippen LogP contribution in [0.15, 0.2) is 44.8 Å². The van der Waals surface area contributed by atoms with E-state index in [1.54, 1.807) is 25.9 Å². The van der Waals surface area contributed by atoms with E-state index in [0.29, 0.717) is 69.4 Å². The van der Waals surface area contributed by atoms with E-state index in [9.17, 15) is 38.7 Å². The van der Waals surface area contributed by atoms with E-state index in [1.807, 2.05) is 55.4 Å². The molecule has 1 saturated heterocycles. The average Bonchev–Trinajstić information content (AvgIpc) is 0.821. The lowest BCUT2D eigenvalue weighted by molar-refractivity contribution is -0.151. The fraction of sp³-hybridized carbons (Fsp3) is 0.744. The summed E-state index contributed by atoms with van der Waals surface area (Å²) >= 11 is 0. The van der Waals surface area contributed by atoms with Crippen LogP contribution in [0.5, 0.6) is 0 Å². The third-order valence-electron chi connectivity index (χ3n) is 22.2. The second kappa shape index (κ2) is 38.6. The first-order valence-corrected chi connectivity index (χ1v) is 38.3. The summed E-state index contributed by atoms with van der Waals surface area (Å²) in [7, 11) is 13.5. The van der Waals surface area contributed by atoms with Gasteiger partial charge in [-0.25, -0.2) is 0 Å². The zero-order valence-corrected chi connectivity index (χ0v) is 66.0. The van der Waals surface area contributed by atoms with Gasteiger partial charge in [0.1, 0.15) is 54.1 Å². The van der Waals surface area contributed by atoms with Crippen LogP contribution in [0.1, 0.15) is 204 Å². The molecule has 8 rings (SSSR count). The molecule has 0 aromatic carbocycles. The minimum Gasteiger partial charge on any atom is -0.496 e. The van der Waals surface area contributed by atoms with Crippen molar-refractivity contribution in [3.8, 4) is 0 Å². The molecule has 582 valence electrons. The maximum absolute atomic E-state index is 16.2. The molecule has 104 heavy (non-hydrogen) atoms. The first-order valence-electron chi connectivity index (χ1n) is 38.3. The van der Waals surface area contributed by atoms with Gasteiger partial charge < -0.3 is 70.7 Å². The predicted octanol–water partition coefficient (Wildman–Crippen LogP) is 5.68. The highest BCUT2D eigenvalue weighted by molar-refractivity contribution is 6.00. The molecule has 26 nitrogen and oxygen atoms in total. The van der Waals surface area contributed by atoms with Gasteiger partial charge in [0.25, 0.3) is 5.91 Å². The minimum absolute atomic E-state index is 0.0442. The third kappa shape index (κ3) is 21.3. The van der Waals surface area contributed by atoms with E-state index >= 15 is 24.0 Å². The molecule has 6 N–H and O–H groups in total. The van der Waals surface area contributed by atoms with Gasteiger partial charge in [-0.15, -0.1) is 0 Å². The van der Waals surface area contributed by atoms with Crippen molar-refractivity contribution in [2.75, 3.05) is 83.1 Å². The van der Waals surface area contributed by atoms with Gasteiger partial charge >= 0.3 is 0 Å². The Morgan fingerprint density at radius 1 is 0.490 bits per heavy atom. The highest BCUT2D eigenvalue weighted by Gasteiger charge is 2.47. The van der Waals surface area contributed by atoms with Crippen molar-refractivity contribution in [2.45, 2.75) is 259 Å². The van der Waals surface area contributed by atoms with Gasteiger partial charge in [0.2, 0.25) is 65.0 Å². The second-order valence-corrected chi connectivity index (χ2v) is 31.9. The quantitative estimate of drug-likeness (QED) is 0.0408. The number of nitrogens with one attached hydrogen (secondary N) is 5. The highest BCUT2D eigenvalue weighted by Crippen LogP contribution is 2.54. The van der Waals surface area contributed by atoms with Crippen LogP contribution in [-0.2, 0) is 62.3 Å². The molecular weight excluding hydrogens is 1330 g/mol. The Balaban J connectivity index is 1.39. The first-order chi connectivity index (χ1) is 49.0. The van der Waals surface area contributed by atoms with E-state index in [4.69, 9.17) is 4.74 Å². The normalized spacial score (nSPS) is 19.2. The number of aliphatic hydroxyl groups excluding tert-OH is 1. The fourth-order valence-electron chi connectivity index (χ4n) is 16.3. The van der Waals surface area contributed by atoms with E-state index in [2.05, 4.69) is 26.6 Å². The number of carbonyl (C=O) groups excluding carboxylic acids is 12. The largest absolute Gasteiger partial charge is 0.496 e. The number of piperidine rings is 1. The molecule has 12 amide bonds. The van der Waals surface area contributed by atoms with Gasteiger partial charge in [-0.1, -0.05) is 90.2 Å². The molecular formula is C78H126N12O14. The van der Waals surface area contributed by atoms with Crippen LogP contribution in [0.4, 0.5) is 0 Å². The molecule has 1 heterocycles. The van der Waals surface area contributed by atoms with Gasteiger partial charge in [-0.3, -0.25) is 57.5 Å². The summed E-state index contributed by atoms with van der Waals surface area (Å²) in [4.78, 5) is 186. The molecule has 0 spiro atoms. The fourth-order valence-corrected chi connectivity index (χ4v) is 16.3. The number of allylic oxidation sites excluding steroid dienone is 6. The summed E-state index contributed by atoms with van der Waals surface area (Å²) in [6, 6.07) is -9.50. The third-order valence-corrected chi connectivity index (χ3v) is 22.2. The number of likely N-dealkylation sites (tertiary alicyclic amines) is 1. The SMILES string of the molecule is CC[C@@H](C(=O)NC(CC(=O)N(C)[C@@H](CC(C)C)C(=O)N[C@@H](CC1CC2=C(OC)C(C(=O)NC)=C1CCC2)C(=O)N(C)[C@@H](CC(C)C)C(=O)N(C)[C@@H](CC1C2=C3CC(=C1CCC2)C3)C(=O)N[C@@H](CC(C)C)C(=O)N(C)[C@@H](CC(C)C)C(=O)NC)C(=O)N1CCCCC1)N(C)C(=O)CN(C)C(=O)CC(C)O. The summed E-state index contributed by atoms with van der Waals surface area (Å²) in [6.45, 7) is 18.9. The molecule has 1 aliphatic heterocycles. The van der Waals surface area contributed by atoms with Crippen LogP contribution < -0.4 is 26.6 Å². The average molecular weight is 1460 g/mol. The van der Waals surface area contributed by atoms with Crippen LogP contribution in [0.2, 0.25) is 0 Å². The molecule has 0 radical (unpaired) electrons. The Kier molecular flexibility index (Phi) is 31.6. The molecule has 3 saturated carbocycles. The predicted molar refractivity (Wildman–Crippen MR) is 397 cm³/mol. The highest BCUT2D eigenvalue weighted by atomic mass is 16.5. The molecule has 6 bridgehead atoms. The maximum Gasteiger partial charge on any atom is 0.254 e. The zero-order chi connectivity index (χ0) is 77.5. The lowest BCUT2D eigenvalue weighted by Gasteiger charge is -2.46. The number of methoxy groups -OCH3 is 1. The van der Waals surface area contributed by atoms with E-state index in [1.165, 1.54) is 103 Å². The van der Waals surface area contributed by atoms with Crippen molar-refractivity contribution >= 4 is 70.9 Å². The van der Waals surface area contributed by atoms with Crippen molar-refractivity contribution < 1.29 is 67.4 Å². The number of hydrogen-bond donors (Lipinski definition) is 6. The number of likely N-dealkylation sites (N-methyl/N-ethyl adjacent to an activating group) is 8. The van der Waals surface area contributed by atoms with Crippen LogP contribution >= 0.6 is 0 Å². The summed E-state index contributed by atoms with van der Waals surface area (Å²) in [6.07, 6.45) is 8.34. The molecule has 4 fully saturated rings. The number of rotatable bonds is 37. The molecule has 0 aromatic heterocycles. The number of hydrogen-bond acceptors (Lipinski definition) is 14. The number of amides is 12. The number of aliphatic hydroxyl groups is 1. The summed E-state index contributed by atoms with van der Waals surface area (Å²) in [5, 5.41) is 24.3. The summed E-state index contributed by atoms with van der Waals surface area (Å²) in [5.41, 5.74) is 7.30. The number of fused-ring (bicyclic) bond motifs is 4. The number of carbonyl (C=O) groups is 12. The minimum atomic E-state index is -1.44. The number of nitrogens with zero attached hydrogens (tertiary/aromatic N) is 7. The molecule has 3 unspecified atom stereocenters. The Labute approximate surface area is 618 Å². The first kappa shape index (κ1) is 85.3. The maximum atomic E-state index is 16.2. The summed E-state index contributed by atoms with van der Waals surface area (Å²) < 4.78 is 5.94. The van der Waals surface area contributed by atoms with Crippen LogP contribution in [0, 0.1) is 35.5 Å². The molecule has 0 aromatic rings. The van der Waals surface area contributed by atoms with Crippen molar-refractivity contribution in [2.24, 2.45) is 35.5 Å². The topological polar surface area (TPSA) is 317 Å². The van der Waals surface area contributed by atoms with Crippen molar-refractivity contribution in [3.63, 3.8) is 0 Å². The Morgan fingerprint density at radius 2 is 0.971 bits per heavy atom. The summed E-state index contributed by atoms with van der Waals surface area (Å²) in [5.74, 6) is -7.18. The Bertz CT molecular complexity index is 3250. The van der Waals surface area contributed by atoms with Crippen molar-refractivity contribution in [3.05, 3.63) is 44.8 Å². The Morgan fingerprint density at radius 3 is 1.51 bits per heavy atom. The number of ether oxygens (including phenoxy) is 1. The van der Waals surface area contributed by atoms with Gasteiger partial charge in [0, 0.05) is 75.4 Å². The van der Waals surface area contributed by atoms with Crippen LogP contribution in [0.3, 0.4) is 0 Å². The molecule has 26 heteroatoms. The van der Waals surface area contributed by atoms with E-state index in [-0.39, 0.29) is 86.3 Å². The van der Waals surface area contributed by atoms with Crippen LogP contribution in [0.25, 0.3) is 0 Å². The molecule has 7 aliphatic carbocycles. The zero-order valence-electron chi connectivity index (χ0n) is 66.0.